The van der Waals surface area contributed by atoms with Crippen LogP contribution in [0.15, 0.2) is 89.7 Å². The standard InChI is InChI=1S/C23H19N3O3/c1-28-20-12-6-5-11-18(20)21-14-19(26-29-21)23(27)25-22(16-8-3-2-4-9-16)17-10-7-13-24-15-17/h2-15,22H,1H3,(H,25,27). The molecule has 1 atom stereocenters. The number of amides is 1. The van der Waals surface area contributed by atoms with Gasteiger partial charge in [0.1, 0.15) is 5.75 Å². The Kier molecular flexibility index (Phi) is 5.33. The van der Waals surface area contributed by atoms with Gasteiger partial charge in [-0.3, -0.25) is 9.78 Å². The Morgan fingerprint density at radius 2 is 1.76 bits per heavy atom. The summed E-state index contributed by atoms with van der Waals surface area (Å²) in [5.74, 6) is 0.769. The molecular weight excluding hydrogens is 366 g/mol. The van der Waals surface area contributed by atoms with Crippen LogP contribution in [-0.2, 0) is 0 Å². The van der Waals surface area contributed by atoms with Crippen molar-refractivity contribution in [1.82, 2.24) is 15.5 Å². The molecule has 0 fully saturated rings. The summed E-state index contributed by atoms with van der Waals surface area (Å²) in [6.07, 6.45) is 3.44. The molecule has 4 rings (SSSR count). The van der Waals surface area contributed by atoms with Crippen molar-refractivity contribution in [3.8, 4) is 17.1 Å². The number of nitrogens with zero attached hydrogens (tertiary/aromatic N) is 2. The average Bonchev–Trinajstić information content (AvgIpc) is 3.29. The number of nitrogens with one attached hydrogen (secondary N) is 1. The van der Waals surface area contributed by atoms with Gasteiger partial charge < -0.3 is 14.6 Å². The van der Waals surface area contributed by atoms with E-state index in [0.29, 0.717) is 11.5 Å². The van der Waals surface area contributed by atoms with Gasteiger partial charge in [0.25, 0.3) is 5.91 Å². The summed E-state index contributed by atoms with van der Waals surface area (Å²) in [5.41, 5.74) is 2.74. The number of pyridine rings is 1. The highest BCUT2D eigenvalue weighted by atomic mass is 16.5. The molecule has 0 radical (unpaired) electrons. The van der Waals surface area contributed by atoms with Gasteiger partial charge in [-0.1, -0.05) is 53.7 Å². The van der Waals surface area contributed by atoms with Gasteiger partial charge in [-0.2, -0.15) is 0 Å². The second kappa shape index (κ2) is 8.39. The first-order chi connectivity index (χ1) is 14.3. The molecule has 0 spiro atoms. The van der Waals surface area contributed by atoms with E-state index in [1.165, 1.54) is 0 Å². The maximum Gasteiger partial charge on any atom is 0.274 e. The third-order valence-corrected chi connectivity index (χ3v) is 4.54. The monoisotopic (exact) mass is 385 g/mol. The molecule has 0 bridgehead atoms. The minimum Gasteiger partial charge on any atom is -0.496 e. The fourth-order valence-corrected chi connectivity index (χ4v) is 3.11. The number of hydrogen-bond acceptors (Lipinski definition) is 5. The Balaban J connectivity index is 1.61. The predicted molar refractivity (Wildman–Crippen MR) is 108 cm³/mol. The van der Waals surface area contributed by atoms with Gasteiger partial charge in [0.15, 0.2) is 11.5 Å². The van der Waals surface area contributed by atoms with Gasteiger partial charge in [0, 0.05) is 18.5 Å². The van der Waals surface area contributed by atoms with Crippen molar-refractivity contribution in [3.63, 3.8) is 0 Å². The average molecular weight is 385 g/mol. The number of carbonyl (C=O) groups is 1. The molecule has 0 aliphatic carbocycles. The summed E-state index contributed by atoms with van der Waals surface area (Å²) in [6, 6.07) is 22.1. The molecule has 4 aromatic rings. The minimum absolute atomic E-state index is 0.190. The number of carbonyl (C=O) groups excluding carboxylic acids is 1. The number of aromatic nitrogens is 2. The Labute approximate surface area is 168 Å². The Morgan fingerprint density at radius 1 is 1.00 bits per heavy atom. The zero-order chi connectivity index (χ0) is 20.1. The molecular formula is C23H19N3O3. The van der Waals surface area contributed by atoms with E-state index in [1.807, 2.05) is 66.7 Å². The van der Waals surface area contributed by atoms with Crippen LogP contribution in [-0.4, -0.2) is 23.2 Å². The maximum atomic E-state index is 12.9. The van der Waals surface area contributed by atoms with Crippen molar-refractivity contribution in [2.45, 2.75) is 6.04 Å². The van der Waals surface area contributed by atoms with E-state index in [2.05, 4.69) is 15.5 Å². The van der Waals surface area contributed by atoms with E-state index in [-0.39, 0.29) is 17.6 Å². The molecule has 0 saturated heterocycles. The van der Waals surface area contributed by atoms with Crippen molar-refractivity contribution >= 4 is 5.91 Å². The van der Waals surface area contributed by atoms with Crippen LogP contribution < -0.4 is 10.1 Å². The molecule has 6 nitrogen and oxygen atoms in total. The highest BCUT2D eigenvalue weighted by Gasteiger charge is 2.21. The summed E-state index contributed by atoms with van der Waals surface area (Å²) in [6.45, 7) is 0. The number of ether oxygens (including phenoxy) is 1. The number of methoxy groups -OCH3 is 1. The second-order valence-electron chi connectivity index (χ2n) is 6.38. The molecule has 1 N–H and O–H groups in total. The highest BCUT2D eigenvalue weighted by molar-refractivity contribution is 5.93. The zero-order valence-corrected chi connectivity index (χ0v) is 15.8. The van der Waals surface area contributed by atoms with Gasteiger partial charge in [0.2, 0.25) is 0 Å². The molecule has 6 heteroatoms. The van der Waals surface area contributed by atoms with Crippen LogP contribution in [0.3, 0.4) is 0 Å². The van der Waals surface area contributed by atoms with E-state index in [9.17, 15) is 4.79 Å². The molecule has 1 amide bonds. The Morgan fingerprint density at radius 3 is 2.52 bits per heavy atom. The lowest BCUT2D eigenvalue weighted by molar-refractivity contribution is 0.0934. The summed E-state index contributed by atoms with van der Waals surface area (Å²) in [4.78, 5) is 17.1. The highest BCUT2D eigenvalue weighted by Crippen LogP contribution is 2.30. The Bertz CT molecular complexity index is 1060. The quantitative estimate of drug-likeness (QED) is 0.536. The third kappa shape index (κ3) is 4.01. The largest absolute Gasteiger partial charge is 0.496 e. The molecule has 2 aromatic heterocycles. The smallest absolute Gasteiger partial charge is 0.274 e. The van der Waals surface area contributed by atoms with E-state index in [0.717, 1.165) is 16.7 Å². The van der Waals surface area contributed by atoms with Crippen molar-refractivity contribution in [1.29, 1.82) is 0 Å². The van der Waals surface area contributed by atoms with Crippen molar-refractivity contribution in [2.75, 3.05) is 7.11 Å². The van der Waals surface area contributed by atoms with Gasteiger partial charge in [0.05, 0.1) is 18.7 Å². The molecule has 0 saturated carbocycles. The molecule has 2 aromatic carbocycles. The lowest BCUT2D eigenvalue weighted by atomic mass is 10.00. The van der Waals surface area contributed by atoms with Gasteiger partial charge >= 0.3 is 0 Å². The number of benzene rings is 2. The predicted octanol–water partition coefficient (Wildman–Crippen LogP) is 4.26. The fraction of sp³-hybridized carbons (Fsp3) is 0.0870. The van der Waals surface area contributed by atoms with E-state index in [4.69, 9.17) is 9.26 Å². The molecule has 0 aliphatic rings. The summed E-state index contributed by atoms with van der Waals surface area (Å²) < 4.78 is 10.8. The van der Waals surface area contributed by atoms with Crippen molar-refractivity contribution in [2.24, 2.45) is 0 Å². The van der Waals surface area contributed by atoms with Crippen LogP contribution in [0, 0.1) is 0 Å². The topological polar surface area (TPSA) is 77.2 Å². The summed E-state index contributed by atoms with van der Waals surface area (Å²) >= 11 is 0. The van der Waals surface area contributed by atoms with E-state index < -0.39 is 0 Å². The lowest BCUT2D eigenvalue weighted by Crippen LogP contribution is -2.29. The number of rotatable bonds is 6. The molecule has 1 unspecified atom stereocenters. The lowest BCUT2D eigenvalue weighted by Gasteiger charge is -2.18. The van der Waals surface area contributed by atoms with Crippen LogP contribution in [0.25, 0.3) is 11.3 Å². The number of hydrogen-bond donors (Lipinski definition) is 1. The first kappa shape index (κ1) is 18.4. The van der Waals surface area contributed by atoms with Crippen LogP contribution in [0.1, 0.15) is 27.7 Å². The van der Waals surface area contributed by atoms with E-state index >= 15 is 0 Å². The van der Waals surface area contributed by atoms with E-state index in [1.54, 1.807) is 25.6 Å². The molecule has 0 aliphatic heterocycles. The second-order valence-corrected chi connectivity index (χ2v) is 6.38. The first-order valence-corrected chi connectivity index (χ1v) is 9.12. The normalized spacial score (nSPS) is 11.6. The zero-order valence-electron chi connectivity index (χ0n) is 15.8. The summed E-state index contributed by atoms with van der Waals surface area (Å²) in [5, 5.41) is 6.98. The summed E-state index contributed by atoms with van der Waals surface area (Å²) in [7, 11) is 1.58. The third-order valence-electron chi connectivity index (χ3n) is 4.54. The molecule has 2 heterocycles. The van der Waals surface area contributed by atoms with Crippen LogP contribution in [0.4, 0.5) is 0 Å². The molecule has 29 heavy (non-hydrogen) atoms. The van der Waals surface area contributed by atoms with Crippen LogP contribution >= 0.6 is 0 Å². The van der Waals surface area contributed by atoms with Gasteiger partial charge in [-0.15, -0.1) is 0 Å². The van der Waals surface area contributed by atoms with Gasteiger partial charge in [-0.05, 0) is 29.3 Å². The minimum atomic E-state index is -0.358. The maximum absolute atomic E-state index is 12.9. The van der Waals surface area contributed by atoms with Crippen molar-refractivity contribution < 1.29 is 14.1 Å². The van der Waals surface area contributed by atoms with Crippen LogP contribution in [0.2, 0.25) is 0 Å². The first-order valence-electron chi connectivity index (χ1n) is 9.12. The van der Waals surface area contributed by atoms with Crippen molar-refractivity contribution in [3.05, 3.63) is 102 Å². The fourth-order valence-electron chi connectivity index (χ4n) is 3.11. The SMILES string of the molecule is COc1ccccc1-c1cc(C(=O)NC(c2ccccc2)c2cccnc2)no1. The number of para-hydroxylation sites is 1. The van der Waals surface area contributed by atoms with Crippen LogP contribution in [0.5, 0.6) is 5.75 Å². The Hall–Kier alpha value is -3.93. The van der Waals surface area contributed by atoms with Gasteiger partial charge in [-0.25, -0.2) is 0 Å². The molecule has 144 valence electrons.